The van der Waals surface area contributed by atoms with E-state index >= 15 is 0 Å². The second kappa shape index (κ2) is 7.79. The second-order valence-corrected chi connectivity index (χ2v) is 7.27. The summed E-state index contributed by atoms with van der Waals surface area (Å²) in [5.74, 6) is 1.91. The first-order valence-electron chi connectivity index (χ1n) is 8.29. The Morgan fingerprint density at radius 1 is 1.38 bits per heavy atom. The minimum absolute atomic E-state index is 0.0204. The van der Waals surface area contributed by atoms with Crippen molar-refractivity contribution >= 4 is 17.7 Å². The highest BCUT2D eigenvalue weighted by Gasteiger charge is 2.28. The zero-order valence-electron chi connectivity index (χ0n) is 13.9. The summed E-state index contributed by atoms with van der Waals surface area (Å²) < 4.78 is 5.57. The van der Waals surface area contributed by atoms with Gasteiger partial charge < -0.3 is 9.73 Å². The van der Waals surface area contributed by atoms with Crippen molar-refractivity contribution in [1.82, 2.24) is 20.5 Å². The highest BCUT2D eigenvalue weighted by Crippen LogP contribution is 2.29. The summed E-state index contributed by atoms with van der Waals surface area (Å²) in [5.41, 5.74) is 0.770. The molecule has 7 heteroatoms. The van der Waals surface area contributed by atoms with Crippen molar-refractivity contribution in [2.45, 2.75) is 44.4 Å². The van der Waals surface area contributed by atoms with Crippen molar-refractivity contribution in [3.63, 3.8) is 0 Å². The number of carbonyl (C=O) groups excluding carboxylic acids is 1. The Labute approximate surface area is 145 Å². The molecule has 3 rings (SSSR count). The maximum atomic E-state index is 12.2. The molecule has 6 nitrogen and oxygen atoms in total. The van der Waals surface area contributed by atoms with E-state index in [9.17, 15) is 4.79 Å². The molecule has 1 saturated carbocycles. The lowest BCUT2D eigenvalue weighted by molar-refractivity contribution is -0.120. The van der Waals surface area contributed by atoms with E-state index < -0.39 is 0 Å². The molecular weight excluding hydrogens is 324 g/mol. The van der Waals surface area contributed by atoms with E-state index in [4.69, 9.17) is 4.42 Å². The first-order valence-corrected chi connectivity index (χ1v) is 9.28. The fourth-order valence-corrected chi connectivity index (χ4v) is 3.61. The molecule has 0 radical (unpaired) electrons. The minimum Gasteiger partial charge on any atom is -0.411 e. The van der Waals surface area contributed by atoms with E-state index in [1.165, 1.54) is 24.6 Å². The summed E-state index contributed by atoms with van der Waals surface area (Å²) in [5, 5.41) is 11.5. The summed E-state index contributed by atoms with van der Waals surface area (Å²) in [7, 11) is 0. The Morgan fingerprint density at radius 2 is 2.25 bits per heavy atom. The molecule has 128 valence electrons. The molecule has 1 N–H and O–H groups in total. The van der Waals surface area contributed by atoms with Gasteiger partial charge in [-0.3, -0.25) is 9.78 Å². The van der Waals surface area contributed by atoms with Gasteiger partial charge in [-0.25, -0.2) is 0 Å². The van der Waals surface area contributed by atoms with E-state index in [-0.39, 0.29) is 17.7 Å². The first kappa shape index (κ1) is 17.0. The van der Waals surface area contributed by atoms with Crippen LogP contribution in [0.3, 0.4) is 0 Å². The van der Waals surface area contributed by atoms with E-state index in [1.807, 2.05) is 12.1 Å². The molecule has 24 heavy (non-hydrogen) atoms. The van der Waals surface area contributed by atoms with Crippen LogP contribution in [0.15, 0.2) is 34.2 Å². The molecule has 1 aliphatic rings. The number of hydrogen-bond donors (Lipinski definition) is 1. The number of hydrogen-bond acceptors (Lipinski definition) is 6. The zero-order chi connectivity index (χ0) is 16.9. The van der Waals surface area contributed by atoms with Crippen molar-refractivity contribution in [2.75, 3.05) is 5.75 Å². The number of amides is 1. The average molecular weight is 346 g/mol. The van der Waals surface area contributed by atoms with Crippen LogP contribution in [-0.2, 0) is 4.79 Å². The molecule has 1 amide bonds. The number of nitrogens with zero attached hydrogens (tertiary/aromatic N) is 3. The number of carbonyl (C=O) groups is 1. The van der Waals surface area contributed by atoms with Gasteiger partial charge in [0.25, 0.3) is 5.22 Å². The van der Waals surface area contributed by atoms with Gasteiger partial charge in [-0.2, -0.15) is 0 Å². The smallest absolute Gasteiger partial charge is 0.277 e. The van der Waals surface area contributed by atoms with Crippen LogP contribution in [0.1, 0.15) is 33.1 Å². The van der Waals surface area contributed by atoms with Gasteiger partial charge in [-0.15, -0.1) is 10.2 Å². The molecule has 3 atom stereocenters. The summed E-state index contributed by atoms with van der Waals surface area (Å²) in [6, 6.07) is 3.94. The van der Waals surface area contributed by atoms with Crippen LogP contribution in [0.4, 0.5) is 0 Å². The van der Waals surface area contributed by atoms with Crippen molar-refractivity contribution < 1.29 is 9.21 Å². The van der Waals surface area contributed by atoms with Crippen molar-refractivity contribution in [3.05, 3.63) is 24.5 Å². The van der Waals surface area contributed by atoms with Crippen LogP contribution in [-0.4, -0.2) is 32.9 Å². The number of aromatic nitrogens is 3. The van der Waals surface area contributed by atoms with Gasteiger partial charge in [-0.05, 0) is 30.4 Å². The number of nitrogens with one attached hydrogen (secondary N) is 1. The van der Waals surface area contributed by atoms with Crippen LogP contribution < -0.4 is 5.32 Å². The molecule has 0 unspecified atom stereocenters. The molecule has 0 spiro atoms. The van der Waals surface area contributed by atoms with E-state index in [0.29, 0.717) is 22.9 Å². The van der Waals surface area contributed by atoms with Crippen molar-refractivity contribution in [2.24, 2.45) is 11.8 Å². The predicted octanol–water partition coefficient (Wildman–Crippen LogP) is 3.16. The summed E-state index contributed by atoms with van der Waals surface area (Å²) >= 11 is 1.26. The molecular formula is C17H22N4O2S. The third-order valence-corrected chi connectivity index (χ3v) is 5.51. The Bertz CT molecular complexity index is 676. The molecule has 0 saturated heterocycles. The van der Waals surface area contributed by atoms with Gasteiger partial charge in [0.2, 0.25) is 11.8 Å². The first-order chi connectivity index (χ1) is 11.6. The lowest BCUT2D eigenvalue weighted by Gasteiger charge is -2.34. The van der Waals surface area contributed by atoms with Crippen molar-refractivity contribution in [3.8, 4) is 11.5 Å². The summed E-state index contributed by atoms with van der Waals surface area (Å²) in [6.07, 6.45) is 6.85. The molecule has 2 aromatic heterocycles. The highest BCUT2D eigenvalue weighted by molar-refractivity contribution is 7.99. The maximum absolute atomic E-state index is 12.2. The Kier molecular flexibility index (Phi) is 5.50. The maximum Gasteiger partial charge on any atom is 0.277 e. The van der Waals surface area contributed by atoms with Crippen LogP contribution in [0.25, 0.3) is 11.5 Å². The third kappa shape index (κ3) is 4.14. The molecule has 1 fully saturated rings. The Hall–Kier alpha value is -1.89. The number of pyridine rings is 1. The number of rotatable bonds is 5. The quantitative estimate of drug-likeness (QED) is 0.838. The van der Waals surface area contributed by atoms with Gasteiger partial charge in [0.05, 0.1) is 11.3 Å². The topological polar surface area (TPSA) is 80.9 Å². The van der Waals surface area contributed by atoms with Crippen molar-refractivity contribution in [1.29, 1.82) is 0 Å². The molecule has 0 aromatic carbocycles. The van der Waals surface area contributed by atoms with E-state index in [1.54, 1.807) is 12.4 Å². The second-order valence-electron chi connectivity index (χ2n) is 6.34. The fraction of sp³-hybridized carbons (Fsp3) is 0.529. The fourth-order valence-electron chi connectivity index (χ4n) is 3.04. The van der Waals surface area contributed by atoms with Crippen LogP contribution in [0.5, 0.6) is 0 Å². The summed E-state index contributed by atoms with van der Waals surface area (Å²) in [6.45, 7) is 4.48. The van der Waals surface area contributed by atoms with Gasteiger partial charge in [0.15, 0.2) is 0 Å². The predicted molar refractivity (Wildman–Crippen MR) is 92.4 cm³/mol. The molecule has 2 aromatic rings. The van der Waals surface area contributed by atoms with Gasteiger partial charge in [0, 0.05) is 18.4 Å². The van der Waals surface area contributed by atoms with Crippen LogP contribution in [0.2, 0.25) is 0 Å². The lowest BCUT2D eigenvalue weighted by Crippen LogP contribution is -2.44. The Balaban J connectivity index is 1.51. The van der Waals surface area contributed by atoms with Gasteiger partial charge in [-0.1, -0.05) is 38.5 Å². The monoisotopic (exact) mass is 346 g/mol. The SMILES string of the molecule is C[C@H]1[C@H](C)CCC[C@@H]1NC(=O)CSc1nnc(-c2cccnc2)o1. The van der Waals surface area contributed by atoms with E-state index in [2.05, 4.69) is 34.3 Å². The standard InChI is InChI=1S/C17H22N4O2S/c1-11-5-3-7-14(12(11)2)19-15(22)10-24-17-21-20-16(23-17)13-6-4-8-18-9-13/h4,6,8-9,11-12,14H,3,5,7,10H2,1-2H3,(H,19,22)/t11-,12+,14+/m1/s1. The number of thioether (sulfide) groups is 1. The van der Waals surface area contributed by atoms with E-state index in [0.717, 1.165) is 12.0 Å². The minimum atomic E-state index is 0.0204. The molecule has 0 aliphatic heterocycles. The molecule has 0 bridgehead atoms. The third-order valence-electron chi connectivity index (χ3n) is 4.69. The molecule has 1 aliphatic carbocycles. The average Bonchev–Trinajstić information content (AvgIpc) is 3.07. The Morgan fingerprint density at radius 3 is 3.04 bits per heavy atom. The van der Waals surface area contributed by atoms with Gasteiger partial charge >= 0.3 is 0 Å². The normalized spacial score (nSPS) is 23.8. The van der Waals surface area contributed by atoms with Gasteiger partial charge in [0.1, 0.15) is 0 Å². The zero-order valence-corrected chi connectivity index (χ0v) is 14.8. The summed E-state index contributed by atoms with van der Waals surface area (Å²) in [4.78, 5) is 16.2. The van der Waals surface area contributed by atoms with Crippen LogP contribution >= 0.6 is 11.8 Å². The van der Waals surface area contributed by atoms with Crippen LogP contribution in [0, 0.1) is 11.8 Å². The molecule has 2 heterocycles. The highest BCUT2D eigenvalue weighted by atomic mass is 32.2. The lowest BCUT2D eigenvalue weighted by atomic mass is 9.78. The largest absolute Gasteiger partial charge is 0.411 e.